The van der Waals surface area contributed by atoms with Gasteiger partial charge in [0.05, 0.1) is 6.42 Å². The van der Waals surface area contributed by atoms with E-state index in [1.165, 1.54) is 4.90 Å². The van der Waals surface area contributed by atoms with Crippen LogP contribution in [0.5, 0.6) is 0 Å². The lowest BCUT2D eigenvalue weighted by Gasteiger charge is -2.35. The Morgan fingerprint density at radius 1 is 0.891 bits per heavy atom. The fourth-order valence-corrected chi connectivity index (χ4v) is 4.77. The second-order valence-electron chi connectivity index (χ2n) is 13.3. The van der Waals surface area contributed by atoms with Crippen molar-refractivity contribution in [2.24, 2.45) is 5.73 Å². The number of carbonyl (C=O) groups is 5. The molecule has 4 N–H and O–H groups in total. The van der Waals surface area contributed by atoms with Crippen LogP contribution in [0, 0.1) is 12.3 Å². The maximum Gasteiger partial charge on any atom is 0.408 e. The van der Waals surface area contributed by atoms with Gasteiger partial charge in [0.1, 0.15) is 29.3 Å². The number of primary amides is 1. The highest BCUT2D eigenvalue weighted by Crippen LogP contribution is 2.36. The molecule has 0 bridgehead atoms. The van der Waals surface area contributed by atoms with Gasteiger partial charge in [-0.25, -0.2) is 9.59 Å². The fraction of sp³-hybridized carbons (Fsp3) is 0.457. The zero-order valence-electron chi connectivity index (χ0n) is 27.3. The number of rotatable bonds is 12. The Balaban J connectivity index is 2.05. The van der Waals surface area contributed by atoms with Crippen molar-refractivity contribution >= 4 is 29.8 Å². The predicted octanol–water partition coefficient (Wildman–Crippen LogP) is 3.54. The molecule has 1 saturated carbocycles. The normalized spacial score (nSPS) is 14.9. The quantitative estimate of drug-likeness (QED) is 0.239. The van der Waals surface area contributed by atoms with E-state index in [0.29, 0.717) is 24.0 Å². The molecule has 0 radical (unpaired) electrons. The molecule has 1 aliphatic rings. The van der Waals surface area contributed by atoms with E-state index in [4.69, 9.17) is 21.6 Å². The highest BCUT2D eigenvalue weighted by molar-refractivity contribution is 5.96. The number of ether oxygens (including phenoxy) is 2. The molecule has 0 aromatic heterocycles. The Labute approximate surface area is 270 Å². The molecule has 0 heterocycles. The third kappa shape index (κ3) is 10.9. The smallest absolute Gasteiger partial charge is 0.408 e. The number of carbonyl (C=O) groups excluding carboxylic acids is 5. The van der Waals surface area contributed by atoms with E-state index in [1.54, 1.807) is 65.8 Å². The standard InChI is InChI=1S/C35H44N4O7/c1-8-22-14-16-24(17-15-22)29(30(41)37-27(32(43)45-34(2,3)4)20-23-12-10-9-11-13-23)39(25-18-19-25)31(42)26(21-28(36)40)38-33(44)46-35(5,6)7/h1,9-17,25-27,29H,18-21H2,2-7H3,(H2,36,40)(H,37,41)(H,38,44). The summed E-state index contributed by atoms with van der Waals surface area (Å²) in [5, 5.41) is 5.30. The third-order valence-electron chi connectivity index (χ3n) is 6.80. The lowest BCUT2D eigenvalue weighted by atomic mass is 9.99. The summed E-state index contributed by atoms with van der Waals surface area (Å²) in [5.41, 5.74) is 5.52. The number of nitrogens with zero attached hydrogens (tertiary/aromatic N) is 1. The summed E-state index contributed by atoms with van der Waals surface area (Å²) in [6, 6.07) is 11.5. The first-order valence-corrected chi connectivity index (χ1v) is 15.2. The number of hydrogen-bond donors (Lipinski definition) is 3. The van der Waals surface area contributed by atoms with Crippen molar-refractivity contribution in [1.82, 2.24) is 15.5 Å². The van der Waals surface area contributed by atoms with Gasteiger partial charge in [-0.2, -0.15) is 0 Å². The predicted molar refractivity (Wildman–Crippen MR) is 172 cm³/mol. The molecule has 11 heteroatoms. The van der Waals surface area contributed by atoms with E-state index in [2.05, 4.69) is 16.6 Å². The van der Waals surface area contributed by atoms with Crippen molar-refractivity contribution in [1.29, 1.82) is 0 Å². The van der Waals surface area contributed by atoms with Gasteiger partial charge < -0.3 is 30.7 Å². The molecule has 1 fully saturated rings. The third-order valence-corrected chi connectivity index (χ3v) is 6.80. The average Bonchev–Trinajstić information content (AvgIpc) is 3.78. The summed E-state index contributed by atoms with van der Waals surface area (Å²) in [5.74, 6) is -0.310. The summed E-state index contributed by atoms with van der Waals surface area (Å²) in [4.78, 5) is 68.1. The van der Waals surface area contributed by atoms with Gasteiger partial charge in [-0.3, -0.25) is 14.4 Å². The van der Waals surface area contributed by atoms with Crippen molar-refractivity contribution in [3.8, 4) is 12.3 Å². The summed E-state index contributed by atoms with van der Waals surface area (Å²) in [7, 11) is 0. The first kappa shape index (κ1) is 35.6. The Bertz CT molecular complexity index is 1450. The minimum absolute atomic E-state index is 0.131. The second kappa shape index (κ2) is 15.0. The zero-order valence-corrected chi connectivity index (χ0v) is 27.3. The number of amides is 4. The van der Waals surface area contributed by atoms with Crippen LogP contribution in [0.15, 0.2) is 54.6 Å². The van der Waals surface area contributed by atoms with Crippen LogP contribution in [0.4, 0.5) is 4.79 Å². The molecular weight excluding hydrogens is 588 g/mol. The number of benzene rings is 2. The highest BCUT2D eigenvalue weighted by Gasteiger charge is 2.45. The molecule has 1 aliphatic carbocycles. The van der Waals surface area contributed by atoms with Crippen molar-refractivity contribution in [2.45, 2.75) is 103 Å². The molecule has 46 heavy (non-hydrogen) atoms. The van der Waals surface area contributed by atoms with Crippen molar-refractivity contribution in [3.63, 3.8) is 0 Å². The molecule has 3 unspecified atom stereocenters. The van der Waals surface area contributed by atoms with Crippen LogP contribution >= 0.6 is 0 Å². The Kier molecular flexibility index (Phi) is 11.6. The van der Waals surface area contributed by atoms with Crippen LogP contribution in [0.2, 0.25) is 0 Å². The van der Waals surface area contributed by atoms with Gasteiger partial charge >= 0.3 is 12.1 Å². The maximum absolute atomic E-state index is 14.3. The number of hydrogen-bond acceptors (Lipinski definition) is 7. The summed E-state index contributed by atoms with van der Waals surface area (Å²) in [6.07, 6.45) is 5.40. The molecule has 3 rings (SSSR count). The van der Waals surface area contributed by atoms with Crippen LogP contribution < -0.4 is 16.4 Å². The van der Waals surface area contributed by atoms with E-state index in [0.717, 1.165) is 5.56 Å². The van der Waals surface area contributed by atoms with Crippen molar-refractivity contribution in [3.05, 3.63) is 71.3 Å². The molecule has 3 atom stereocenters. The largest absolute Gasteiger partial charge is 0.458 e. The average molecular weight is 633 g/mol. The van der Waals surface area contributed by atoms with Crippen LogP contribution in [0.1, 0.15) is 83.5 Å². The van der Waals surface area contributed by atoms with Gasteiger partial charge in [0, 0.05) is 18.0 Å². The van der Waals surface area contributed by atoms with E-state index in [9.17, 15) is 24.0 Å². The van der Waals surface area contributed by atoms with Crippen LogP contribution in [-0.2, 0) is 35.1 Å². The Hall–Kier alpha value is -4.85. The van der Waals surface area contributed by atoms with Gasteiger partial charge in [0.15, 0.2) is 0 Å². The van der Waals surface area contributed by atoms with Gasteiger partial charge in [-0.1, -0.05) is 48.4 Å². The van der Waals surface area contributed by atoms with Crippen molar-refractivity contribution in [2.75, 3.05) is 0 Å². The number of nitrogens with one attached hydrogen (secondary N) is 2. The van der Waals surface area contributed by atoms with Gasteiger partial charge in [0.2, 0.25) is 17.7 Å². The zero-order chi connectivity index (χ0) is 34.2. The molecule has 0 saturated heterocycles. The molecule has 0 aliphatic heterocycles. The lowest BCUT2D eigenvalue weighted by molar-refractivity contribution is -0.159. The summed E-state index contributed by atoms with van der Waals surface area (Å²) < 4.78 is 11.0. The van der Waals surface area contributed by atoms with Crippen LogP contribution in [-0.4, -0.2) is 64.0 Å². The van der Waals surface area contributed by atoms with Gasteiger partial charge in [-0.05, 0) is 77.6 Å². The topological polar surface area (TPSA) is 157 Å². The molecule has 2 aromatic carbocycles. The van der Waals surface area contributed by atoms with Gasteiger partial charge in [-0.15, -0.1) is 6.42 Å². The van der Waals surface area contributed by atoms with E-state index >= 15 is 0 Å². The minimum atomic E-state index is -1.42. The van der Waals surface area contributed by atoms with Crippen molar-refractivity contribution < 1.29 is 33.4 Å². The number of alkyl carbamates (subject to hydrolysis) is 1. The first-order chi connectivity index (χ1) is 21.5. The molecule has 0 spiro atoms. The monoisotopic (exact) mass is 632 g/mol. The summed E-state index contributed by atoms with van der Waals surface area (Å²) >= 11 is 0. The van der Waals surface area contributed by atoms with Crippen LogP contribution in [0.3, 0.4) is 0 Å². The maximum atomic E-state index is 14.3. The molecule has 246 valence electrons. The fourth-order valence-electron chi connectivity index (χ4n) is 4.77. The minimum Gasteiger partial charge on any atom is -0.458 e. The molecule has 4 amide bonds. The van der Waals surface area contributed by atoms with E-state index in [-0.39, 0.29) is 12.5 Å². The lowest BCUT2D eigenvalue weighted by Crippen LogP contribution is -2.56. The molecule has 2 aromatic rings. The summed E-state index contributed by atoms with van der Waals surface area (Å²) in [6.45, 7) is 10.2. The SMILES string of the molecule is C#Cc1ccc(C(C(=O)NC(Cc2ccccc2)C(=O)OC(C)(C)C)N(C(=O)C(CC(N)=O)NC(=O)OC(C)(C)C)C2CC2)cc1. The second-order valence-corrected chi connectivity index (χ2v) is 13.3. The Morgan fingerprint density at radius 2 is 1.48 bits per heavy atom. The molecule has 11 nitrogen and oxygen atoms in total. The number of nitrogens with two attached hydrogens (primary N) is 1. The number of terminal acetylenes is 1. The van der Waals surface area contributed by atoms with E-state index < -0.39 is 65.5 Å². The first-order valence-electron chi connectivity index (χ1n) is 15.2. The van der Waals surface area contributed by atoms with E-state index in [1.807, 2.05) is 30.3 Å². The Morgan fingerprint density at radius 3 is 1.98 bits per heavy atom. The highest BCUT2D eigenvalue weighted by atomic mass is 16.6. The van der Waals surface area contributed by atoms with Gasteiger partial charge in [0.25, 0.3) is 0 Å². The number of esters is 1. The molecular formula is C35H44N4O7. The van der Waals surface area contributed by atoms with Crippen LogP contribution in [0.25, 0.3) is 0 Å².